The van der Waals surface area contributed by atoms with Gasteiger partial charge in [0.05, 0.1) is 16.7 Å². The Morgan fingerprint density at radius 3 is 1.62 bits per heavy atom. The highest BCUT2D eigenvalue weighted by atomic mass is 16.7. The molecular formula is C28H24O9. The molecule has 0 saturated carbocycles. The van der Waals surface area contributed by atoms with Crippen molar-refractivity contribution in [2.45, 2.75) is 31.0 Å². The summed E-state index contributed by atoms with van der Waals surface area (Å²) in [7, 11) is 0. The number of aliphatic hydroxyl groups is 1. The molecule has 0 bridgehead atoms. The molecule has 0 spiro atoms. The molecule has 1 unspecified atom stereocenters. The van der Waals surface area contributed by atoms with E-state index in [9.17, 15) is 24.3 Å². The zero-order chi connectivity index (χ0) is 26.4. The van der Waals surface area contributed by atoms with Gasteiger partial charge in [0.1, 0.15) is 12.7 Å². The monoisotopic (exact) mass is 504 g/mol. The number of Topliss-reactive ketones (excluding diaryl/α,β-unsaturated/α-hetero) is 1. The quantitative estimate of drug-likeness (QED) is 0.364. The number of ketones is 1. The molecule has 0 aliphatic carbocycles. The van der Waals surface area contributed by atoms with Crippen molar-refractivity contribution >= 4 is 23.7 Å². The summed E-state index contributed by atoms with van der Waals surface area (Å²) < 4.78 is 22.0. The number of hydrogen-bond donors (Lipinski definition) is 1. The average molecular weight is 504 g/mol. The van der Waals surface area contributed by atoms with E-state index in [1.54, 1.807) is 66.7 Å². The molecule has 1 saturated heterocycles. The van der Waals surface area contributed by atoms with Gasteiger partial charge in [-0.25, -0.2) is 14.4 Å². The van der Waals surface area contributed by atoms with Crippen LogP contribution in [0.15, 0.2) is 91.0 Å². The number of ether oxygens (including phenoxy) is 4. The first-order valence-electron chi connectivity index (χ1n) is 11.4. The van der Waals surface area contributed by atoms with Gasteiger partial charge in [-0.3, -0.25) is 4.79 Å². The zero-order valence-electron chi connectivity index (χ0n) is 19.8. The van der Waals surface area contributed by atoms with Crippen LogP contribution in [0.5, 0.6) is 0 Å². The minimum atomic E-state index is -2.66. The highest BCUT2D eigenvalue weighted by Crippen LogP contribution is 2.36. The first-order valence-corrected chi connectivity index (χ1v) is 11.4. The van der Waals surface area contributed by atoms with Crippen LogP contribution in [0.1, 0.15) is 38.0 Å². The Bertz CT molecular complexity index is 1260. The van der Waals surface area contributed by atoms with Crippen LogP contribution < -0.4 is 0 Å². The maximum Gasteiger partial charge on any atom is 0.338 e. The Hall–Kier alpha value is -4.34. The van der Waals surface area contributed by atoms with Crippen LogP contribution in [0.4, 0.5) is 0 Å². The fourth-order valence-corrected chi connectivity index (χ4v) is 3.82. The molecule has 1 aliphatic rings. The van der Waals surface area contributed by atoms with Crippen LogP contribution in [0.3, 0.4) is 0 Å². The van der Waals surface area contributed by atoms with Gasteiger partial charge in [0.25, 0.3) is 5.79 Å². The van der Waals surface area contributed by atoms with Gasteiger partial charge in [0, 0.05) is 6.92 Å². The predicted octanol–water partition coefficient (Wildman–Crippen LogP) is 2.97. The number of benzene rings is 3. The number of rotatable bonds is 8. The Labute approximate surface area is 212 Å². The summed E-state index contributed by atoms with van der Waals surface area (Å²) in [5, 5.41) is 11.1. The molecular weight excluding hydrogens is 480 g/mol. The number of hydrogen-bond acceptors (Lipinski definition) is 9. The second-order valence-electron chi connectivity index (χ2n) is 8.30. The molecule has 37 heavy (non-hydrogen) atoms. The van der Waals surface area contributed by atoms with Gasteiger partial charge in [-0.15, -0.1) is 0 Å². The number of carbonyl (C=O) groups is 4. The van der Waals surface area contributed by atoms with Crippen molar-refractivity contribution in [2.75, 3.05) is 6.61 Å². The third kappa shape index (κ3) is 5.74. The summed E-state index contributed by atoms with van der Waals surface area (Å²) in [5.41, 5.74) is 0.571. The molecule has 1 aliphatic heterocycles. The lowest BCUT2D eigenvalue weighted by Crippen LogP contribution is -2.52. The summed E-state index contributed by atoms with van der Waals surface area (Å²) in [6, 6.07) is 24.0. The summed E-state index contributed by atoms with van der Waals surface area (Å²) in [4.78, 5) is 50.7. The van der Waals surface area contributed by atoms with Crippen LogP contribution in [0.25, 0.3) is 0 Å². The molecule has 9 heteroatoms. The van der Waals surface area contributed by atoms with Gasteiger partial charge in [-0.2, -0.15) is 0 Å². The van der Waals surface area contributed by atoms with E-state index >= 15 is 0 Å². The van der Waals surface area contributed by atoms with Gasteiger partial charge in [-0.05, 0) is 36.4 Å². The molecule has 1 heterocycles. The lowest BCUT2D eigenvalue weighted by Gasteiger charge is -2.27. The van der Waals surface area contributed by atoms with E-state index in [0.29, 0.717) is 0 Å². The van der Waals surface area contributed by atoms with Crippen LogP contribution in [-0.4, -0.2) is 59.5 Å². The fourth-order valence-electron chi connectivity index (χ4n) is 3.82. The van der Waals surface area contributed by atoms with E-state index in [1.165, 1.54) is 24.3 Å². The fraction of sp³-hybridized carbons (Fsp3) is 0.214. The zero-order valence-corrected chi connectivity index (χ0v) is 19.8. The second kappa shape index (κ2) is 11.2. The van der Waals surface area contributed by atoms with E-state index < -0.39 is 54.4 Å². The van der Waals surface area contributed by atoms with Gasteiger partial charge in [0.2, 0.25) is 6.10 Å². The Kier molecular flexibility index (Phi) is 7.76. The van der Waals surface area contributed by atoms with E-state index in [0.717, 1.165) is 6.92 Å². The van der Waals surface area contributed by atoms with E-state index in [4.69, 9.17) is 18.9 Å². The van der Waals surface area contributed by atoms with Crippen molar-refractivity contribution in [2.24, 2.45) is 0 Å². The number of esters is 3. The first-order chi connectivity index (χ1) is 17.8. The topological polar surface area (TPSA) is 125 Å². The molecule has 4 rings (SSSR count). The van der Waals surface area contributed by atoms with Gasteiger partial charge < -0.3 is 24.1 Å². The van der Waals surface area contributed by atoms with Crippen molar-refractivity contribution in [1.82, 2.24) is 0 Å². The molecule has 1 fully saturated rings. The van der Waals surface area contributed by atoms with Crippen molar-refractivity contribution in [3.63, 3.8) is 0 Å². The normalized spacial score (nSPS) is 22.6. The maximum absolute atomic E-state index is 12.9. The standard InChI is InChI=1S/C28H24O9/c1-18(29)28(33)24(36-27(32)21-15-9-4-10-16-21)23(35-26(31)20-13-7-3-8-14-20)22(37-28)17-34-25(30)19-11-5-2-6-12-19/h2-16,22-24,33H,17H2,1H3/t22-,23-,24-,28?/m0/s1. The summed E-state index contributed by atoms with van der Waals surface area (Å²) in [5.74, 6) is -5.95. The Morgan fingerprint density at radius 1 is 0.730 bits per heavy atom. The first kappa shape index (κ1) is 25.7. The highest BCUT2D eigenvalue weighted by Gasteiger charge is 2.62. The summed E-state index contributed by atoms with van der Waals surface area (Å²) in [6.07, 6.45) is -4.56. The molecule has 190 valence electrons. The Morgan fingerprint density at radius 2 is 1.16 bits per heavy atom. The number of carbonyl (C=O) groups excluding carboxylic acids is 4. The predicted molar refractivity (Wildman–Crippen MR) is 129 cm³/mol. The van der Waals surface area contributed by atoms with Gasteiger partial charge >= 0.3 is 17.9 Å². The SMILES string of the molecule is CC(=O)C1(O)O[C@@H](COC(=O)c2ccccc2)[C@H](OC(=O)c2ccccc2)[C@@H]1OC(=O)c1ccccc1. The van der Waals surface area contributed by atoms with Crippen molar-refractivity contribution in [1.29, 1.82) is 0 Å². The third-order valence-corrected chi connectivity index (χ3v) is 5.77. The van der Waals surface area contributed by atoms with Crippen molar-refractivity contribution in [3.8, 4) is 0 Å². The average Bonchev–Trinajstić information content (AvgIpc) is 3.20. The Balaban J connectivity index is 1.63. The molecule has 3 aromatic rings. The van der Waals surface area contributed by atoms with Crippen LogP contribution in [-0.2, 0) is 23.7 Å². The van der Waals surface area contributed by atoms with E-state index in [1.807, 2.05) is 0 Å². The lowest BCUT2D eigenvalue weighted by molar-refractivity contribution is -0.222. The van der Waals surface area contributed by atoms with Crippen molar-refractivity contribution < 1.29 is 43.2 Å². The van der Waals surface area contributed by atoms with Gasteiger partial charge in [0.15, 0.2) is 11.9 Å². The molecule has 1 N–H and O–H groups in total. The largest absolute Gasteiger partial charge is 0.459 e. The minimum absolute atomic E-state index is 0.139. The third-order valence-electron chi connectivity index (χ3n) is 5.77. The molecule has 9 nitrogen and oxygen atoms in total. The van der Waals surface area contributed by atoms with Gasteiger partial charge in [-0.1, -0.05) is 54.6 Å². The van der Waals surface area contributed by atoms with E-state index in [2.05, 4.69) is 0 Å². The minimum Gasteiger partial charge on any atom is -0.459 e. The summed E-state index contributed by atoms with van der Waals surface area (Å²) in [6.45, 7) is 0.535. The van der Waals surface area contributed by atoms with Crippen molar-refractivity contribution in [3.05, 3.63) is 108 Å². The molecule has 4 atom stereocenters. The molecule has 0 amide bonds. The van der Waals surface area contributed by atoms with Crippen LogP contribution in [0.2, 0.25) is 0 Å². The smallest absolute Gasteiger partial charge is 0.338 e. The summed E-state index contributed by atoms with van der Waals surface area (Å²) >= 11 is 0. The maximum atomic E-state index is 12.9. The highest BCUT2D eigenvalue weighted by molar-refractivity contribution is 5.92. The van der Waals surface area contributed by atoms with Crippen LogP contribution in [0, 0.1) is 0 Å². The molecule has 3 aromatic carbocycles. The van der Waals surface area contributed by atoms with E-state index in [-0.39, 0.29) is 16.7 Å². The molecule has 0 radical (unpaired) electrons. The molecule has 0 aromatic heterocycles. The lowest BCUT2D eigenvalue weighted by atomic mass is 10.0. The van der Waals surface area contributed by atoms with Crippen LogP contribution >= 0.6 is 0 Å². The second-order valence-corrected chi connectivity index (χ2v) is 8.30.